The Morgan fingerprint density at radius 3 is 2.24 bits per heavy atom. The third-order valence-electron chi connectivity index (χ3n) is 6.12. The SMILES string of the molecule is C[C@](O)(c1ccc(C(=O)N(C2CC2)[C@H](CCO)CCCC2CC2)cc1)C(F)(F)F. The Kier molecular flexibility index (Phi) is 6.58. The van der Waals surface area contributed by atoms with Crippen LogP contribution in [0.25, 0.3) is 0 Å². The summed E-state index contributed by atoms with van der Waals surface area (Å²) in [6.07, 6.45) is 3.09. The summed E-state index contributed by atoms with van der Waals surface area (Å²) in [6, 6.07) is 5.12. The highest BCUT2D eigenvalue weighted by Crippen LogP contribution is 2.39. The zero-order valence-electron chi connectivity index (χ0n) is 16.8. The van der Waals surface area contributed by atoms with E-state index >= 15 is 0 Å². The molecule has 2 atom stereocenters. The first-order chi connectivity index (χ1) is 13.6. The summed E-state index contributed by atoms with van der Waals surface area (Å²) >= 11 is 0. The van der Waals surface area contributed by atoms with Crippen molar-refractivity contribution in [3.05, 3.63) is 35.4 Å². The van der Waals surface area contributed by atoms with Gasteiger partial charge < -0.3 is 15.1 Å². The number of nitrogens with zero attached hydrogens (tertiary/aromatic N) is 1. The van der Waals surface area contributed by atoms with Crippen LogP contribution < -0.4 is 0 Å². The number of alkyl halides is 3. The Balaban J connectivity index is 1.73. The van der Waals surface area contributed by atoms with Gasteiger partial charge in [-0.2, -0.15) is 13.2 Å². The van der Waals surface area contributed by atoms with Crippen LogP contribution in [0.4, 0.5) is 13.2 Å². The van der Waals surface area contributed by atoms with E-state index in [0.717, 1.165) is 38.0 Å². The highest BCUT2D eigenvalue weighted by Gasteiger charge is 2.51. The van der Waals surface area contributed by atoms with E-state index in [1.165, 1.54) is 37.1 Å². The van der Waals surface area contributed by atoms with Crippen LogP contribution in [-0.4, -0.2) is 45.9 Å². The van der Waals surface area contributed by atoms with Crippen molar-refractivity contribution in [2.45, 2.75) is 82.2 Å². The summed E-state index contributed by atoms with van der Waals surface area (Å²) in [7, 11) is 0. The molecule has 1 aromatic rings. The predicted molar refractivity (Wildman–Crippen MR) is 103 cm³/mol. The molecule has 0 unspecified atom stereocenters. The highest BCUT2D eigenvalue weighted by atomic mass is 19.4. The third-order valence-corrected chi connectivity index (χ3v) is 6.12. The van der Waals surface area contributed by atoms with Gasteiger partial charge in [-0.25, -0.2) is 0 Å². The molecule has 1 aromatic carbocycles. The molecule has 0 heterocycles. The van der Waals surface area contributed by atoms with Gasteiger partial charge in [-0.15, -0.1) is 0 Å². The van der Waals surface area contributed by atoms with Crippen LogP contribution in [0.3, 0.4) is 0 Å². The molecule has 4 nitrogen and oxygen atoms in total. The first-order valence-corrected chi connectivity index (χ1v) is 10.5. The quantitative estimate of drug-likeness (QED) is 0.598. The molecule has 0 aliphatic heterocycles. The van der Waals surface area contributed by atoms with E-state index in [1.807, 2.05) is 4.90 Å². The van der Waals surface area contributed by atoms with E-state index < -0.39 is 11.8 Å². The molecule has 2 saturated carbocycles. The number of halogens is 3. The molecule has 0 spiro atoms. The fraction of sp³-hybridized carbons (Fsp3) is 0.682. The lowest BCUT2D eigenvalue weighted by Crippen LogP contribution is -2.43. The van der Waals surface area contributed by atoms with Gasteiger partial charge in [0.2, 0.25) is 0 Å². The molecule has 0 radical (unpaired) electrons. The van der Waals surface area contributed by atoms with Crippen molar-refractivity contribution in [2.75, 3.05) is 6.61 Å². The number of carbonyl (C=O) groups excluding carboxylic acids is 1. The minimum Gasteiger partial charge on any atom is -0.396 e. The van der Waals surface area contributed by atoms with Crippen LogP contribution >= 0.6 is 0 Å². The van der Waals surface area contributed by atoms with E-state index in [9.17, 15) is 28.2 Å². The van der Waals surface area contributed by atoms with Gasteiger partial charge in [0.25, 0.3) is 5.91 Å². The number of benzene rings is 1. The Morgan fingerprint density at radius 2 is 1.76 bits per heavy atom. The van der Waals surface area contributed by atoms with Gasteiger partial charge in [0.15, 0.2) is 5.60 Å². The molecule has 2 aliphatic rings. The summed E-state index contributed by atoms with van der Waals surface area (Å²) in [4.78, 5) is 15.0. The van der Waals surface area contributed by atoms with Gasteiger partial charge in [-0.05, 0) is 56.2 Å². The van der Waals surface area contributed by atoms with Crippen molar-refractivity contribution in [1.82, 2.24) is 4.90 Å². The van der Waals surface area contributed by atoms with Crippen LogP contribution in [0.2, 0.25) is 0 Å². The first-order valence-electron chi connectivity index (χ1n) is 10.5. The first kappa shape index (κ1) is 22.1. The van der Waals surface area contributed by atoms with Crippen molar-refractivity contribution in [3.63, 3.8) is 0 Å². The maximum atomic E-state index is 13.2. The van der Waals surface area contributed by atoms with Gasteiger partial charge in [0.05, 0.1) is 0 Å². The maximum absolute atomic E-state index is 13.2. The van der Waals surface area contributed by atoms with Crippen molar-refractivity contribution in [1.29, 1.82) is 0 Å². The zero-order valence-corrected chi connectivity index (χ0v) is 16.8. The largest absolute Gasteiger partial charge is 0.421 e. The number of aliphatic hydroxyl groups is 2. The number of rotatable bonds is 10. The van der Waals surface area contributed by atoms with Crippen LogP contribution in [0.1, 0.15) is 74.2 Å². The topological polar surface area (TPSA) is 60.8 Å². The molecule has 3 rings (SSSR count). The monoisotopic (exact) mass is 413 g/mol. The lowest BCUT2D eigenvalue weighted by Gasteiger charge is -2.32. The Labute approximate surface area is 169 Å². The molecule has 0 bridgehead atoms. The lowest BCUT2D eigenvalue weighted by atomic mass is 9.94. The van der Waals surface area contributed by atoms with Crippen LogP contribution in [0.15, 0.2) is 24.3 Å². The normalized spacial score (nSPS) is 20.2. The van der Waals surface area contributed by atoms with Crippen molar-refractivity contribution in [2.24, 2.45) is 5.92 Å². The molecule has 7 heteroatoms. The average Bonchev–Trinajstić information content (AvgIpc) is 3.56. The molecule has 29 heavy (non-hydrogen) atoms. The second-order valence-corrected chi connectivity index (χ2v) is 8.63. The summed E-state index contributed by atoms with van der Waals surface area (Å²) in [5, 5.41) is 19.3. The minimum atomic E-state index is -4.80. The van der Waals surface area contributed by atoms with Crippen molar-refractivity contribution in [3.8, 4) is 0 Å². The number of aliphatic hydroxyl groups excluding tert-OH is 1. The summed E-state index contributed by atoms with van der Waals surface area (Å²) in [5.74, 6) is 0.597. The Hall–Kier alpha value is -1.60. The standard InChI is InChI=1S/C22H30F3NO3/c1-21(29,22(23,24)25)17-9-7-16(8-10-17)20(28)26(19-11-12-19)18(13-14-27)4-2-3-15-5-6-15/h7-10,15,18-19,27,29H,2-6,11-14H2,1H3/t18-,21-/m0/s1. The molecular formula is C22H30F3NO3. The minimum absolute atomic E-state index is 0.00200. The molecular weight excluding hydrogens is 383 g/mol. The van der Waals surface area contributed by atoms with Gasteiger partial charge in [0, 0.05) is 24.3 Å². The fourth-order valence-electron chi connectivity index (χ4n) is 3.85. The van der Waals surface area contributed by atoms with Crippen molar-refractivity contribution < 1.29 is 28.2 Å². The average molecular weight is 413 g/mol. The Morgan fingerprint density at radius 1 is 1.14 bits per heavy atom. The van der Waals surface area contributed by atoms with Crippen LogP contribution in [0, 0.1) is 5.92 Å². The molecule has 2 fully saturated rings. The van der Waals surface area contributed by atoms with Crippen LogP contribution in [-0.2, 0) is 5.60 Å². The van der Waals surface area contributed by atoms with Gasteiger partial charge in [-0.3, -0.25) is 4.79 Å². The van der Waals surface area contributed by atoms with E-state index in [0.29, 0.717) is 18.9 Å². The highest BCUT2D eigenvalue weighted by molar-refractivity contribution is 5.95. The molecule has 2 aliphatic carbocycles. The zero-order chi connectivity index (χ0) is 21.2. The molecule has 162 valence electrons. The molecule has 0 aromatic heterocycles. The summed E-state index contributed by atoms with van der Waals surface area (Å²) < 4.78 is 39.1. The van der Waals surface area contributed by atoms with E-state index in [2.05, 4.69) is 0 Å². The Bertz CT molecular complexity index is 694. The molecule has 1 amide bonds. The number of amides is 1. The van der Waals surface area contributed by atoms with E-state index in [-0.39, 0.29) is 30.2 Å². The lowest BCUT2D eigenvalue weighted by molar-refractivity contribution is -0.258. The predicted octanol–water partition coefficient (Wildman–Crippen LogP) is 4.39. The number of carbonyl (C=O) groups is 1. The van der Waals surface area contributed by atoms with Gasteiger partial charge >= 0.3 is 6.18 Å². The second kappa shape index (κ2) is 8.64. The number of hydrogen-bond donors (Lipinski definition) is 2. The smallest absolute Gasteiger partial charge is 0.396 e. The van der Waals surface area contributed by atoms with E-state index in [1.54, 1.807) is 0 Å². The molecule has 0 saturated heterocycles. The van der Waals surface area contributed by atoms with Gasteiger partial charge in [0.1, 0.15) is 0 Å². The maximum Gasteiger partial charge on any atom is 0.421 e. The fourth-order valence-corrected chi connectivity index (χ4v) is 3.85. The molecule has 2 N–H and O–H groups in total. The summed E-state index contributed by atoms with van der Waals surface area (Å²) in [5.41, 5.74) is -2.95. The second-order valence-electron chi connectivity index (χ2n) is 8.63. The summed E-state index contributed by atoms with van der Waals surface area (Å²) in [6.45, 7) is 0.704. The van der Waals surface area contributed by atoms with Crippen LogP contribution in [0.5, 0.6) is 0 Å². The van der Waals surface area contributed by atoms with Crippen molar-refractivity contribution >= 4 is 5.91 Å². The van der Waals surface area contributed by atoms with Gasteiger partial charge in [-0.1, -0.05) is 37.8 Å². The number of hydrogen-bond acceptors (Lipinski definition) is 3. The van der Waals surface area contributed by atoms with E-state index in [4.69, 9.17) is 0 Å². The third kappa shape index (κ3) is 5.31.